The zero-order valence-corrected chi connectivity index (χ0v) is 12.4. The number of rotatable bonds is 4. The molecule has 21 heavy (non-hydrogen) atoms. The smallest absolute Gasteiger partial charge is 0.273 e. The van der Waals surface area contributed by atoms with Gasteiger partial charge in [-0.15, -0.1) is 0 Å². The molecule has 0 spiro atoms. The Morgan fingerprint density at radius 3 is 2.90 bits per heavy atom. The van der Waals surface area contributed by atoms with E-state index in [1.807, 2.05) is 6.07 Å². The molecule has 1 N–H and O–H groups in total. The number of hydrogen-bond donors (Lipinski definition) is 1. The number of benzene rings is 1. The monoisotopic (exact) mass is 291 g/mol. The molecule has 2 aliphatic heterocycles. The largest absolute Gasteiger partial charge is 0.496 e. The second kappa shape index (κ2) is 5.61. The van der Waals surface area contributed by atoms with Crippen molar-refractivity contribution in [1.82, 2.24) is 10.2 Å². The first-order valence-corrected chi connectivity index (χ1v) is 7.35. The number of non-ortho nitro benzene ring substituents is 1. The van der Waals surface area contributed by atoms with Crippen LogP contribution in [0.1, 0.15) is 12.5 Å². The lowest BCUT2D eigenvalue weighted by Crippen LogP contribution is -2.32. The molecule has 114 valence electrons. The highest BCUT2D eigenvalue weighted by Crippen LogP contribution is 2.34. The van der Waals surface area contributed by atoms with Gasteiger partial charge in [-0.25, -0.2) is 0 Å². The molecule has 2 fully saturated rings. The third-order valence-electron chi connectivity index (χ3n) is 4.84. The minimum absolute atomic E-state index is 0.0954. The molecule has 0 radical (unpaired) electrons. The molecule has 1 aromatic rings. The van der Waals surface area contributed by atoms with Gasteiger partial charge in [0, 0.05) is 25.2 Å². The Kier molecular flexibility index (Phi) is 3.82. The first-order chi connectivity index (χ1) is 10.1. The molecule has 1 aromatic carbocycles. The Labute approximate surface area is 124 Å². The number of nitro groups is 1. The van der Waals surface area contributed by atoms with Gasteiger partial charge in [-0.05, 0) is 43.5 Å². The topological polar surface area (TPSA) is 67.6 Å². The lowest BCUT2D eigenvalue weighted by molar-refractivity contribution is -0.385. The minimum Gasteiger partial charge on any atom is -0.496 e. The van der Waals surface area contributed by atoms with Gasteiger partial charge < -0.3 is 10.1 Å². The van der Waals surface area contributed by atoms with E-state index in [1.54, 1.807) is 6.07 Å². The summed E-state index contributed by atoms with van der Waals surface area (Å²) in [6.45, 7) is 6.23. The lowest BCUT2D eigenvalue weighted by atomic mass is 9.95. The van der Waals surface area contributed by atoms with Crippen LogP contribution in [0, 0.1) is 22.0 Å². The van der Waals surface area contributed by atoms with Gasteiger partial charge in [-0.1, -0.05) is 0 Å². The van der Waals surface area contributed by atoms with Crippen LogP contribution in [-0.2, 0) is 6.54 Å². The van der Waals surface area contributed by atoms with Crippen LogP contribution in [0.25, 0.3) is 0 Å². The summed E-state index contributed by atoms with van der Waals surface area (Å²) in [6, 6.07) is 5.53. The molecular weight excluding hydrogens is 270 g/mol. The Hall–Kier alpha value is -1.66. The highest BCUT2D eigenvalue weighted by Gasteiger charge is 2.41. The van der Waals surface area contributed by atoms with Crippen molar-refractivity contribution in [2.24, 2.45) is 11.8 Å². The van der Waals surface area contributed by atoms with E-state index >= 15 is 0 Å². The van der Waals surface area contributed by atoms with Crippen LogP contribution in [0.3, 0.4) is 0 Å². The number of nitrogens with one attached hydrogen (secondary N) is 1. The van der Waals surface area contributed by atoms with Crippen LogP contribution < -0.4 is 10.1 Å². The average molecular weight is 291 g/mol. The van der Waals surface area contributed by atoms with E-state index in [0.717, 1.165) is 31.7 Å². The Morgan fingerprint density at radius 2 is 2.24 bits per heavy atom. The van der Waals surface area contributed by atoms with Crippen molar-refractivity contribution in [3.63, 3.8) is 0 Å². The number of ether oxygens (including phenoxy) is 1. The number of nitro benzene ring substituents is 1. The van der Waals surface area contributed by atoms with Gasteiger partial charge in [0.05, 0.1) is 18.1 Å². The zero-order valence-electron chi connectivity index (χ0n) is 12.4. The number of likely N-dealkylation sites (tertiary alicyclic amines) is 1. The van der Waals surface area contributed by atoms with Crippen molar-refractivity contribution < 1.29 is 9.66 Å². The minimum atomic E-state index is -0.363. The summed E-state index contributed by atoms with van der Waals surface area (Å²) >= 11 is 0. The van der Waals surface area contributed by atoms with Crippen LogP contribution in [0.5, 0.6) is 5.75 Å². The molecule has 0 amide bonds. The van der Waals surface area contributed by atoms with Gasteiger partial charge in [0.15, 0.2) is 0 Å². The molecule has 0 bridgehead atoms. The Balaban J connectivity index is 1.78. The quantitative estimate of drug-likeness (QED) is 0.675. The fourth-order valence-electron chi connectivity index (χ4n) is 3.66. The molecule has 3 atom stereocenters. The van der Waals surface area contributed by atoms with E-state index in [4.69, 9.17) is 4.74 Å². The summed E-state index contributed by atoms with van der Waals surface area (Å²) < 4.78 is 5.18. The van der Waals surface area contributed by atoms with E-state index in [2.05, 4.69) is 17.1 Å². The molecule has 3 unspecified atom stereocenters. The predicted octanol–water partition coefficient (Wildman–Crippen LogP) is 1.64. The highest BCUT2D eigenvalue weighted by atomic mass is 16.6. The summed E-state index contributed by atoms with van der Waals surface area (Å²) in [5, 5.41) is 14.5. The maximum Gasteiger partial charge on any atom is 0.273 e. The molecule has 2 heterocycles. The molecule has 0 aromatic heterocycles. The standard InChI is InChI=1S/C15H21N3O3/c1-10-15-7-16-6-12(15)9-17(10)8-11-3-13(18(19)20)5-14(4-11)21-2/h3-5,10,12,15-16H,6-9H2,1-2H3. The van der Waals surface area contributed by atoms with E-state index in [0.29, 0.717) is 23.6 Å². The molecule has 6 heteroatoms. The number of fused-ring (bicyclic) bond motifs is 1. The third-order valence-corrected chi connectivity index (χ3v) is 4.84. The van der Waals surface area contributed by atoms with Gasteiger partial charge in [-0.2, -0.15) is 0 Å². The molecule has 3 rings (SSSR count). The van der Waals surface area contributed by atoms with Crippen LogP contribution in [0.2, 0.25) is 0 Å². The number of methoxy groups -OCH3 is 1. The van der Waals surface area contributed by atoms with Crippen LogP contribution in [-0.4, -0.2) is 42.6 Å². The van der Waals surface area contributed by atoms with Crippen molar-refractivity contribution in [2.75, 3.05) is 26.7 Å². The summed E-state index contributed by atoms with van der Waals surface area (Å²) in [5.41, 5.74) is 1.04. The lowest BCUT2D eigenvalue weighted by Gasteiger charge is -2.24. The SMILES string of the molecule is COc1cc(CN2CC3CNCC3C2C)cc([N+](=O)[O-])c1. The van der Waals surface area contributed by atoms with Gasteiger partial charge in [0.25, 0.3) is 5.69 Å². The van der Waals surface area contributed by atoms with E-state index in [1.165, 1.54) is 13.2 Å². The number of nitrogens with zero attached hydrogens (tertiary/aromatic N) is 2. The van der Waals surface area contributed by atoms with Crippen LogP contribution >= 0.6 is 0 Å². The zero-order chi connectivity index (χ0) is 15.0. The van der Waals surface area contributed by atoms with E-state index in [-0.39, 0.29) is 10.6 Å². The average Bonchev–Trinajstić information content (AvgIpc) is 3.03. The molecule has 2 saturated heterocycles. The fourth-order valence-corrected chi connectivity index (χ4v) is 3.66. The van der Waals surface area contributed by atoms with Crippen molar-refractivity contribution in [3.05, 3.63) is 33.9 Å². The number of hydrogen-bond acceptors (Lipinski definition) is 5. The van der Waals surface area contributed by atoms with Crippen molar-refractivity contribution in [2.45, 2.75) is 19.5 Å². The Bertz CT molecular complexity index is 549. The third kappa shape index (κ3) is 2.73. The van der Waals surface area contributed by atoms with Crippen molar-refractivity contribution >= 4 is 5.69 Å². The molecule has 2 aliphatic rings. The maximum absolute atomic E-state index is 11.0. The predicted molar refractivity (Wildman–Crippen MR) is 79.4 cm³/mol. The van der Waals surface area contributed by atoms with Gasteiger partial charge >= 0.3 is 0 Å². The Morgan fingerprint density at radius 1 is 1.43 bits per heavy atom. The molecular formula is C15H21N3O3. The van der Waals surface area contributed by atoms with E-state index in [9.17, 15) is 10.1 Å². The normalized spacial score (nSPS) is 28.6. The van der Waals surface area contributed by atoms with Gasteiger partial charge in [0.2, 0.25) is 0 Å². The van der Waals surface area contributed by atoms with Gasteiger partial charge in [0.1, 0.15) is 5.75 Å². The second-order valence-electron chi connectivity index (χ2n) is 6.05. The van der Waals surface area contributed by atoms with Crippen LogP contribution in [0.15, 0.2) is 18.2 Å². The molecule has 6 nitrogen and oxygen atoms in total. The summed E-state index contributed by atoms with van der Waals surface area (Å²) in [5.74, 6) is 1.96. The molecule has 0 aliphatic carbocycles. The molecule has 0 saturated carbocycles. The highest BCUT2D eigenvalue weighted by molar-refractivity contribution is 5.42. The van der Waals surface area contributed by atoms with Crippen molar-refractivity contribution in [3.8, 4) is 5.75 Å². The van der Waals surface area contributed by atoms with Crippen LogP contribution in [0.4, 0.5) is 5.69 Å². The van der Waals surface area contributed by atoms with Gasteiger partial charge in [-0.3, -0.25) is 15.0 Å². The second-order valence-corrected chi connectivity index (χ2v) is 6.05. The first-order valence-electron chi connectivity index (χ1n) is 7.35. The summed E-state index contributed by atoms with van der Waals surface area (Å²) in [7, 11) is 1.54. The van der Waals surface area contributed by atoms with E-state index < -0.39 is 0 Å². The fraction of sp³-hybridized carbons (Fsp3) is 0.600. The van der Waals surface area contributed by atoms with Crippen molar-refractivity contribution in [1.29, 1.82) is 0 Å². The first kappa shape index (κ1) is 14.3. The summed E-state index contributed by atoms with van der Waals surface area (Å²) in [6.07, 6.45) is 0. The summed E-state index contributed by atoms with van der Waals surface area (Å²) in [4.78, 5) is 13.1. The maximum atomic E-state index is 11.0.